The molecule has 16 heavy (non-hydrogen) atoms. The third kappa shape index (κ3) is 2.57. The van der Waals surface area contributed by atoms with Crippen LogP contribution in [0.5, 0.6) is 11.5 Å². The summed E-state index contributed by atoms with van der Waals surface area (Å²) in [5.41, 5.74) is 0.776. The third-order valence-electron chi connectivity index (χ3n) is 2.25. The van der Waals surface area contributed by atoms with Crippen molar-refractivity contribution in [1.29, 1.82) is 0 Å². The van der Waals surface area contributed by atoms with Gasteiger partial charge in [0, 0.05) is 20.3 Å². The quantitative estimate of drug-likeness (QED) is 0.924. The molecule has 1 N–H and O–H groups in total. The summed E-state index contributed by atoms with van der Waals surface area (Å²) in [7, 11) is 0. The number of thiophene rings is 1. The largest absolute Gasteiger partial charge is 0.508 e. The van der Waals surface area contributed by atoms with E-state index in [2.05, 4.69) is 15.9 Å². The van der Waals surface area contributed by atoms with Crippen LogP contribution in [-0.4, -0.2) is 5.11 Å². The monoisotopic (exact) mass is 298 g/mol. The minimum Gasteiger partial charge on any atom is -0.508 e. The normalized spacial score (nSPS) is 10.4. The highest BCUT2D eigenvalue weighted by Gasteiger charge is 2.04. The second-order valence-corrected chi connectivity index (χ2v) is 5.33. The van der Waals surface area contributed by atoms with Gasteiger partial charge < -0.3 is 9.84 Å². The van der Waals surface area contributed by atoms with Crippen LogP contribution in [0.2, 0.25) is 0 Å². The molecule has 4 heteroatoms. The molecule has 2 aromatic rings. The number of hydrogen-bond donors (Lipinski definition) is 1. The molecular formula is C12H11BrO2S. The summed E-state index contributed by atoms with van der Waals surface area (Å²) in [6.07, 6.45) is 0. The van der Waals surface area contributed by atoms with E-state index in [0.29, 0.717) is 6.61 Å². The molecule has 0 aliphatic carbocycles. The van der Waals surface area contributed by atoms with Crippen LogP contribution in [0.4, 0.5) is 0 Å². The first kappa shape index (κ1) is 11.5. The maximum Gasteiger partial charge on any atom is 0.126 e. The number of halogens is 1. The van der Waals surface area contributed by atoms with E-state index in [4.69, 9.17) is 4.74 Å². The van der Waals surface area contributed by atoms with Crippen molar-refractivity contribution < 1.29 is 9.84 Å². The highest BCUT2D eigenvalue weighted by Crippen LogP contribution is 2.28. The number of benzene rings is 1. The van der Waals surface area contributed by atoms with E-state index in [9.17, 15) is 5.11 Å². The predicted molar refractivity (Wildman–Crippen MR) is 69.2 cm³/mol. The van der Waals surface area contributed by atoms with Crippen LogP contribution >= 0.6 is 27.3 Å². The van der Waals surface area contributed by atoms with Crippen molar-refractivity contribution in [2.45, 2.75) is 13.5 Å². The molecule has 0 saturated heterocycles. The number of aromatic hydroxyl groups is 1. The van der Waals surface area contributed by atoms with Crippen molar-refractivity contribution in [3.8, 4) is 11.5 Å². The molecule has 0 aliphatic heterocycles. The van der Waals surface area contributed by atoms with Gasteiger partial charge in [0.15, 0.2) is 0 Å². The van der Waals surface area contributed by atoms with Gasteiger partial charge in [-0.15, -0.1) is 11.3 Å². The number of phenolic OH excluding ortho intramolecular Hbond substituents is 1. The molecule has 0 amide bonds. The first-order valence-electron chi connectivity index (χ1n) is 4.81. The van der Waals surface area contributed by atoms with Crippen molar-refractivity contribution >= 4 is 27.3 Å². The molecule has 0 aliphatic rings. The zero-order valence-electron chi connectivity index (χ0n) is 8.74. The zero-order valence-corrected chi connectivity index (χ0v) is 11.1. The van der Waals surface area contributed by atoms with Gasteiger partial charge in [-0.2, -0.15) is 0 Å². The fraction of sp³-hybridized carbons (Fsp3) is 0.167. The average molecular weight is 299 g/mol. The van der Waals surface area contributed by atoms with E-state index < -0.39 is 0 Å². The van der Waals surface area contributed by atoms with Crippen LogP contribution in [0.25, 0.3) is 0 Å². The van der Waals surface area contributed by atoms with Crippen molar-refractivity contribution in [2.75, 3.05) is 0 Å². The SMILES string of the molecule is Cc1c(O)cccc1OCc1cc(Br)cs1. The average Bonchev–Trinajstić information content (AvgIpc) is 2.67. The number of rotatable bonds is 3. The Morgan fingerprint density at radius 1 is 1.44 bits per heavy atom. The van der Waals surface area contributed by atoms with Gasteiger partial charge >= 0.3 is 0 Å². The van der Waals surface area contributed by atoms with Gasteiger partial charge in [-0.05, 0) is 41.1 Å². The molecule has 0 atom stereocenters. The van der Waals surface area contributed by atoms with Crippen molar-refractivity contribution in [1.82, 2.24) is 0 Å². The fourth-order valence-corrected chi connectivity index (χ4v) is 2.70. The standard InChI is InChI=1S/C12H11BrO2S/c1-8-11(14)3-2-4-12(8)15-6-10-5-9(13)7-16-10/h2-5,7,14H,6H2,1H3. The third-order valence-corrected chi connectivity index (χ3v) is 3.92. The zero-order chi connectivity index (χ0) is 11.5. The van der Waals surface area contributed by atoms with Crippen molar-refractivity contribution in [3.63, 3.8) is 0 Å². The molecule has 1 aromatic heterocycles. The summed E-state index contributed by atoms with van der Waals surface area (Å²) in [6, 6.07) is 7.33. The van der Waals surface area contributed by atoms with Gasteiger partial charge in [0.05, 0.1) is 0 Å². The number of phenols is 1. The Morgan fingerprint density at radius 2 is 2.25 bits per heavy atom. The summed E-state index contributed by atoms with van der Waals surface area (Å²) in [6.45, 7) is 2.37. The van der Waals surface area contributed by atoms with E-state index in [-0.39, 0.29) is 5.75 Å². The van der Waals surface area contributed by atoms with Gasteiger partial charge in [0.2, 0.25) is 0 Å². The summed E-state index contributed by atoms with van der Waals surface area (Å²) in [5, 5.41) is 11.5. The molecule has 2 rings (SSSR count). The minimum absolute atomic E-state index is 0.268. The highest BCUT2D eigenvalue weighted by molar-refractivity contribution is 9.10. The topological polar surface area (TPSA) is 29.5 Å². The van der Waals surface area contributed by atoms with Gasteiger partial charge in [-0.1, -0.05) is 6.07 Å². The van der Waals surface area contributed by atoms with Crippen molar-refractivity contribution in [3.05, 3.63) is 44.6 Å². The van der Waals surface area contributed by atoms with Crippen LogP contribution in [0, 0.1) is 6.92 Å². The fourth-order valence-electron chi connectivity index (χ4n) is 1.34. The Bertz CT molecular complexity index is 494. The Labute approximate surface area is 107 Å². The Balaban J connectivity index is 2.07. The predicted octanol–water partition coefficient (Wildman–Crippen LogP) is 4.10. The second-order valence-electron chi connectivity index (χ2n) is 3.42. The van der Waals surface area contributed by atoms with E-state index >= 15 is 0 Å². The smallest absolute Gasteiger partial charge is 0.126 e. The van der Waals surface area contributed by atoms with Gasteiger partial charge in [0.1, 0.15) is 18.1 Å². The number of ether oxygens (including phenoxy) is 1. The van der Waals surface area contributed by atoms with E-state index in [1.165, 1.54) is 0 Å². The Kier molecular flexibility index (Phi) is 3.51. The first-order valence-corrected chi connectivity index (χ1v) is 6.48. The molecule has 0 saturated carbocycles. The van der Waals surface area contributed by atoms with E-state index in [0.717, 1.165) is 20.7 Å². The van der Waals surface area contributed by atoms with E-state index in [1.807, 2.05) is 24.4 Å². The lowest BCUT2D eigenvalue weighted by atomic mass is 10.2. The minimum atomic E-state index is 0.268. The van der Waals surface area contributed by atoms with Crippen LogP contribution in [0.3, 0.4) is 0 Å². The second kappa shape index (κ2) is 4.89. The summed E-state index contributed by atoms with van der Waals surface area (Å²) < 4.78 is 6.72. The molecule has 1 aromatic carbocycles. The van der Waals surface area contributed by atoms with Gasteiger partial charge in [-0.25, -0.2) is 0 Å². The molecule has 0 fully saturated rings. The lowest BCUT2D eigenvalue weighted by Crippen LogP contribution is -1.94. The maximum atomic E-state index is 9.52. The molecular weight excluding hydrogens is 288 g/mol. The molecule has 0 bridgehead atoms. The Hall–Kier alpha value is -1.000. The van der Waals surface area contributed by atoms with Gasteiger partial charge in [0.25, 0.3) is 0 Å². The van der Waals surface area contributed by atoms with Crippen LogP contribution in [-0.2, 0) is 6.61 Å². The molecule has 84 valence electrons. The van der Waals surface area contributed by atoms with Crippen LogP contribution < -0.4 is 4.74 Å². The summed E-state index contributed by atoms with van der Waals surface area (Å²) in [5.74, 6) is 0.995. The molecule has 0 radical (unpaired) electrons. The first-order chi connectivity index (χ1) is 7.66. The maximum absolute atomic E-state index is 9.52. The van der Waals surface area contributed by atoms with Crippen LogP contribution in [0.1, 0.15) is 10.4 Å². The lowest BCUT2D eigenvalue weighted by Gasteiger charge is -2.08. The highest BCUT2D eigenvalue weighted by atomic mass is 79.9. The Morgan fingerprint density at radius 3 is 2.94 bits per heavy atom. The summed E-state index contributed by atoms with van der Waals surface area (Å²) in [4.78, 5) is 1.15. The van der Waals surface area contributed by atoms with E-state index in [1.54, 1.807) is 23.5 Å². The van der Waals surface area contributed by atoms with Gasteiger partial charge in [-0.3, -0.25) is 0 Å². The molecule has 0 spiro atoms. The molecule has 2 nitrogen and oxygen atoms in total. The van der Waals surface area contributed by atoms with Crippen molar-refractivity contribution in [2.24, 2.45) is 0 Å². The number of hydrogen-bond acceptors (Lipinski definition) is 3. The summed E-state index contributed by atoms with van der Waals surface area (Å²) >= 11 is 5.04. The molecule has 1 heterocycles. The molecule has 0 unspecified atom stereocenters. The van der Waals surface area contributed by atoms with Crippen LogP contribution in [0.15, 0.2) is 34.1 Å². The lowest BCUT2D eigenvalue weighted by molar-refractivity contribution is 0.305.